The van der Waals surface area contributed by atoms with Crippen LogP contribution in [0.3, 0.4) is 0 Å². The second kappa shape index (κ2) is 7.66. The molecule has 1 saturated heterocycles. The number of aromatic amines is 1. The van der Waals surface area contributed by atoms with E-state index in [1.807, 2.05) is 42.6 Å². The minimum Gasteiger partial charge on any atom is -0.299 e. The monoisotopic (exact) mass is 349 g/mol. The van der Waals surface area contributed by atoms with Gasteiger partial charge in [0.05, 0.1) is 6.54 Å². The Morgan fingerprint density at radius 2 is 1.77 bits per heavy atom. The molecule has 26 heavy (non-hydrogen) atoms. The van der Waals surface area contributed by atoms with Crippen LogP contribution < -0.4 is 5.69 Å². The van der Waals surface area contributed by atoms with Crippen molar-refractivity contribution < 1.29 is 0 Å². The topological polar surface area (TPSA) is 66.8 Å². The Balaban J connectivity index is 1.42. The number of pyridine rings is 1. The number of H-pyrrole nitrogens is 1. The summed E-state index contributed by atoms with van der Waals surface area (Å²) in [7, 11) is 0. The third-order valence-electron chi connectivity index (χ3n) is 5.05. The molecule has 0 atom stereocenters. The van der Waals surface area contributed by atoms with E-state index in [2.05, 4.69) is 26.1 Å². The molecule has 1 aliphatic heterocycles. The van der Waals surface area contributed by atoms with Crippen molar-refractivity contribution in [2.24, 2.45) is 0 Å². The Kier molecular flexibility index (Phi) is 4.93. The zero-order valence-electron chi connectivity index (χ0n) is 14.7. The lowest BCUT2D eigenvalue weighted by Crippen LogP contribution is -2.34. The molecule has 3 aromatic rings. The van der Waals surface area contributed by atoms with Gasteiger partial charge < -0.3 is 0 Å². The molecule has 4 rings (SSSR count). The van der Waals surface area contributed by atoms with Gasteiger partial charge in [-0.05, 0) is 43.1 Å². The summed E-state index contributed by atoms with van der Waals surface area (Å²) in [4.78, 5) is 18.9. The molecular weight excluding hydrogens is 326 g/mol. The first-order valence-corrected chi connectivity index (χ1v) is 9.10. The van der Waals surface area contributed by atoms with Crippen molar-refractivity contribution in [2.45, 2.75) is 31.8 Å². The van der Waals surface area contributed by atoms with Gasteiger partial charge in [-0.1, -0.05) is 36.4 Å². The van der Waals surface area contributed by atoms with Crippen LogP contribution in [0.1, 0.15) is 35.7 Å². The average molecular weight is 349 g/mol. The summed E-state index contributed by atoms with van der Waals surface area (Å²) >= 11 is 0. The van der Waals surface area contributed by atoms with Crippen LogP contribution >= 0.6 is 0 Å². The minimum atomic E-state index is -0.123. The van der Waals surface area contributed by atoms with E-state index in [0.717, 1.165) is 43.9 Å². The Morgan fingerprint density at radius 3 is 2.50 bits per heavy atom. The summed E-state index contributed by atoms with van der Waals surface area (Å²) in [6, 6.07) is 14.2. The summed E-state index contributed by atoms with van der Waals surface area (Å²) in [6.07, 6.45) is 5.76. The van der Waals surface area contributed by atoms with E-state index in [9.17, 15) is 4.79 Å². The molecule has 0 radical (unpaired) electrons. The van der Waals surface area contributed by atoms with E-state index in [0.29, 0.717) is 12.5 Å². The maximum Gasteiger partial charge on any atom is 0.343 e. The van der Waals surface area contributed by atoms with Gasteiger partial charge in [-0.15, -0.1) is 0 Å². The summed E-state index contributed by atoms with van der Waals surface area (Å²) in [5, 5.41) is 6.98. The molecule has 0 saturated carbocycles. The van der Waals surface area contributed by atoms with Crippen molar-refractivity contribution >= 4 is 0 Å². The molecule has 1 N–H and O–H groups in total. The number of piperidine rings is 1. The Labute approximate surface area is 152 Å². The van der Waals surface area contributed by atoms with Crippen molar-refractivity contribution in [1.82, 2.24) is 24.6 Å². The first-order chi connectivity index (χ1) is 12.8. The smallest absolute Gasteiger partial charge is 0.299 e. The van der Waals surface area contributed by atoms with Crippen LogP contribution in [0, 0.1) is 0 Å². The van der Waals surface area contributed by atoms with Gasteiger partial charge in [0, 0.05) is 24.9 Å². The van der Waals surface area contributed by atoms with E-state index in [-0.39, 0.29) is 5.69 Å². The van der Waals surface area contributed by atoms with E-state index in [1.165, 1.54) is 5.56 Å². The number of benzene rings is 1. The SMILES string of the molecule is O=c1[nH]nc(C2CCN(Cc3cccnc3)CC2)n1Cc1ccccc1. The molecule has 0 amide bonds. The molecule has 3 heterocycles. The largest absolute Gasteiger partial charge is 0.343 e. The van der Waals surface area contributed by atoms with Gasteiger partial charge in [0.15, 0.2) is 0 Å². The summed E-state index contributed by atoms with van der Waals surface area (Å²) in [5.74, 6) is 1.21. The molecule has 0 spiro atoms. The fourth-order valence-corrected chi connectivity index (χ4v) is 3.66. The summed E-state index contributed by atoms with van der Waals surface area (Å²) in [5.41, 5.74) is 2.24. The van der Waals surface area contributed by atoms with Crippen LogP contribution in [-0.2, 0) is 13.1 Å². The first kappa shape index (κ1) is 16.7. The van der Waals surface area contributed by atoms with Crippen LogP contribution in [0.2, 0.25) is 0 Å². The molecular formula is C20H23N5O. The maximum absolute atomic E-state index is 12.2. The third-order valence-corrected chi connectivity index (χ3v) is 5.05. The highest BCUT2D eigenvalue weighted by Gasteiger charge is 2.25. The molecule has 6 heteroatoms. The predicted molar refractivity (Wildman–Crippen MR) is 99.9 cm³/mol. The van der Waals surface area contributed by atoms with Gasteiger partial charge in [0.2, 0.25) is 0 Å². The molecule has 6 nitrogen and oxygen atoms in total. The van der Waals surface area contributed by atoms with Crippen molar-refractivity contribution in [3.63, 3.8) is 0 Å². The van der Waals surface area contributed by atoms with Gasteiger partial charge in [-0.2, -0.15) is 5.10 Å². The highest BCUT2D eigenvalue weighted by molar-refractivity contribution is 5.16. The van der Waals surface area contributed by atoms with Crippen LogP contribution in [0.5, 0.6) is 0 Å². The van der Waals surface area contributed by atoms with Crippen molar-refractivity contribution in [3.8, 4) is 0 Å². The summed E-state index contributed by atoms with van der Waals surface area (Å²) < 4.78 is 1.79. The normalized spacial score (nSPS) is 16.0. The molecule has 1 aliphatic rings. The van der Waals surface area contributed by atoms with Crippen LogP contribution in [0.4, 0.5) is 0 Å². The molecule has 1 aromatic carbocycles. The zero-order valence-corrected chi connectivity index (χ0v) is 14.7. The number of nitrogens with one attached hydrogen (secondary N) is 1. The fraction of sp³-hybridized carbons (Fsp3) is 0.350. The average Bonchev–Trinajstić information content (AvgIpc) is 3.05. The number of hydrogen-bond donors (Lipinski definition) is 1. The highest BCUT2D eigenvalue weighted by Crippen LogP contribution is 2.27. The van der Waals surface area contributed by atoms with E-state index < -0.39 is 0 Å². The number of aromatic nitrogens is 4. The fourth-order valence-electron chi connectivity index (χ4n) is 3.66. The lowest BCUT2D eigenvalue weighted by Gasteiger charge is -2.31. The molecule has 1 fully saturated rings. The zero-order chi connectivity index (χ0) is 17.8. The third kappa shape index (κ3) is 3.75. The van der Waals surface area contributed by atoms with Crippen molar-refractivity contribution in [1.29, 1.82) is 0 Å². The van der Waals surface area contributed by atoms with Gasteiger partial charge in [0.25, 0.3) is 0 Å². The van der Waals surface area contributed by atoms with Crippen LogP contribution in [0.25, 0.3) is 0 Å². The van der Waals surface area contributed by atoms with Crippen LogP contribution in [-0.4, -0.2) is 37.7 Å². The minimum absolute atomic E-state index is 0.123. The molecule has 0 unspecified atom stereocenters. The van der Waals surface area contributed by atoms with Crippen LogP contribution in [0.15, 0.2) is 59.7 Å². The standard InChI is InChI=1S/C20H23N5O/c26-20-23-22-19(25(20)15-16-5-2-1-3-6-16)18-8-11-24(12-9-18)14-17-7-4-10-21-13-17/h1-7,10,13,18H,8-9,11-12,14-15H2,(H,23,26). The second-order valence-electron chi connectivity index (χ2n) is 6.87. The van der Waals surface area contributed by atoms with E-state index in [1.54, 1.807) is 10.8 Å². The quantitative estimate of drug-likeness (QED) is 0.768. The number of nitrogens with zero attached hydrogens (tertiary/aromatic N) is 4. The maximum atomic E-state index is 12.2. The number of hydrogen-bond acceptors (Lipinski definition) is 4. The van der Waals surface area contributed by atoms with Gasteiger partial charge in [-0.3, -0.25) is 14.5 Å². The van der Waals surface area contributed by atoms with Crippen molar-refractivity contribution in [2.75, 3.05) is 13.1 Å². The Morgan fingerprint density at radius 1 is 1.00 bits per heavy atom. The highest BCUT2D eigenvalue weighted by atomic mass is 16.1. The number of rotatable bonds is 5. The lowest BCUT2D eigenvalue weighted by atomic mass is 9.95. The predicted octanol–water partition coefficient (Wildman–Crippen LogP) is 2.39. The van der Waals surface area contributed by atoms with Gasteiger partial charge in [0.1, 0.15) is 5.82 Å². The molecule has 0 aliphatic carbocycles. The van der Waals surface area contributed by atoms with E-state index >= 15 is 0 Å². The molecule has 2 aromatic heterocycles. The number of likely N-dealkylation sites (tertiary alicyclic amines) is 1. The molecule has 134 valence electrons. The Bertz CT molecular complexity index is 879. The van der Waals surface area contributed by atoms with Gasteiger partial charge in [-0.25, -0.2) is 9.89 Å². The first-order valence-electron chi connectivity index (χ1n) is 9.10. The van der Waals surface area contributed by atoms with Crippen molar-refractivity contribution in [3.05, 3.63) is 82.3 Å². The lowest BCUT2D eigenvalue weighted by molar-refractivity contribution is 0.200. The van der Waals surface area contributed by atoms with Gasteiger partial charge >= 0.3 is 5.69 Å². The van der Waals surface area contributed by atoms with E-state index in [4.69, 9.17) is 0 Å². The Hall–Kier alpha value is -2.73. The second-order valence-corrected chi connectivity index (χ2v) is 6.87. The molecule has 0 bridgehead atoms. The summed E-state index contributed by atoms with van der Waals surface area (Å²) in [6.45, 7) is 3.51.